The SMILES string of the molecule is CN(Cc1cc2nc(-c3ccc4[nH]c(C(F)(F)F)nc4c3)nc(N3CCOCC3)c2s1)c1ncc(C(=O)NO)cn1. The van der Waals surface area contributed by atoms with E-state index < -0.39 is 17.9 Å². The lowest BCUT2D eigenvalue weighted by atomic mass is 10.2. The number of fused-ring (bicyclic) bond motifs is 2. The van der Waals surface area contributed by atoms with Crippen LogP contribution in [0.4, 0.5) is 24.9 Å². The van der Waals surface area contributed by atoms with Crippen molar-refractivity contribution < 1.29 is 27.9 Å². The number of anilines is 2. The zero-order valence-electron chi connectivity index (χ0n) is 21.4. The maximum atomic E-state index is 13.2. The molecule has 0 bridgehead atoms. The van der Waals surface area contributed by atoms with Gasteiger partial charge in [0.1, 0.15) is 0 Å². The van der Waals surface area contributed by atoms with Gasteiger partial charge in [0.05, 0.1) is 46.6 Å². The first-order valence-electron chi connectivity index (χ1n) is 12.4. The first-order chi connectivity index (χ1) is 19.7. The second kappa shape index (κ2) is 10.5. The van der Waals surface area contributed by atoms with E-state index in [1.807, 2.05) is 6.07 Å². The molecule has 0 saturated carbocycles. The number of morpholine rings is 1. The van der Waals surface area contributed by atoms with Gasteiger partial charge in [-0.15, -0.1) is 11.3 Å². The number of halogens is 3. The standard InChI is InChI=1S/C25H22F3N9O3S/c1-36(24-29-10-14(11-30-24)22(38)35-39)12-15-9-18-19(41-15)21(37-4-6-40-7-5-37)34-20(31-18)13-2-3-16-17(8-13)33-23(32-16)25(26,27)28/h2-3,8-11,39H,4-7,12H2,1H3,(H,32,33)(H,35,38). The van der Waals surface area contributed by atoms with Gasteiger partial charge in [0.25, 0.3) is 5.91 Å². The van der Waals surface area contributed by atoms with Crippen LogP contribution in [0.15, 0.2) is 36.7 Å². The number of benzene rings is 1. The summed E-state index contributed by atoms with van der Waals surface area (Å²) in [6, 6.07) is 6.70. The van der Waals surface area contributed by atoms with Crippen molar-refractivity contribution in [3.63, 3.8) is 0 Å². The fourth-order valence-corrected chi connectivity index (χ4v) is 5.61. The van der Waals surface area contributed by atoms with Crippen LogP contribution >= 0.6 is 11.3 Å². The Bertz CT molecular complexity index is 1730. The van der Waals surface area contributed by atoms with Crippen LogP contribution in [-0.4, -0.2) is 74.4 Å². The summed E-state index contributed by atoms with van der Waals surface area (Å²) in [5.74, 6) is -0.294. The highest BCUT2D eigenvalue weighted by Crippen LogP contribution is 2.36. The molecule has 1 amide bonds. The molecule has 12 nitrogen and oxygen atoms in total. The molecule has 0 aliphatic carbocycles. The molecule has 4 aromatic heterocycles. The average molecular weight is 586 g/mol. The molecule has 1 aliphatic heterocycles. The predicted octanol–water partition coefficient (Wildman–Crippen LogP) is 3.64. The zero-order valence-corrected chi connectivity index (χ0v) is 22.3. The van der Waals surface area contributed by atoms with Gasteiger partial charge in [-0.05, 0) is 24.3 Å². The minimum atomic E-state index is -4.58. The number of aromatic amines is 1. The summed E-state index contributed by atoms with van der Waals surface area (Å²) in [6.45, 7) is 2.79. The van der Waals surface area contributed by atoms with Gasteiger partial charge in [-0.3, -0.25) is 10.0 Å². The van der Waals surface area contributed by atoms with Crippen molar-refractivity contribution in [2.24, 2.45) is 0 Å². The number of H-pyrrole nitrogens is 1. The number of carbonyl (C=O) groups is 1. The van der Waals surface area contributed by atoms with Gasteiger partial charge in [0, 0.05) is 43.0 Å². The van der Waals surface area contributed by atoms with Gasteiger partial charge in [-0.1, -0.05) is 0 Å². The van der Waals surface area contributed by atoms with E-state index in [1.54, 1.807) is 35.6 Å². The van der Waals surface area contributed by atoms with E-state index in [4.69, 9.17) is 19.9 Å². The number of nitrogens with one attached hydrogen (secondary N) is 2. The zero-order chi connectivity index (χ0) is 28.7. The molecule has 0 radical (unpaired) electrons. The van der Waals surface area contributed by atoms with Crippen LogP contribution in [0.2, 0.25) is 0 Å². The molecule has 0 spiro atoms. The summed E-state index contributed by atoms with van der Waals surface area (Å²) < 4.78 is 45.9. The van der Waals surface area contributed by atoms with Gasteiger partial charge in [-0.25, -0.2) is 30.4 Å². The summed E-state index contributed by atoms with van der Waals surface area (Å²) in [5.41, 5.74) is 3.33. The highest BCUT2D eigenvalue weighted by atomic mass is 32.1. The third kappa shape index (κ3) is 5.36. The van der Waals surface area contributed by atoms with Crippen molar-refractivity contribution >= 4 is 50.3 Å². The molecular weight excluding hydrogens is 563 g/mol. The first-order valence-corrected chi connectivity index (χ1v) is 13.2. The number of nitrogens with zero attached hydrogens (tertiary/aromatic N) is 7. The minimum absolute atomic E-state index is 0.118. The fraction of sp³-hybridized carbons (Fsp3) is 0.280. The van der Waals surface area contributed by atoms with E-state index in [2.05, 4.69) is 24.8 Å². The van der Waals surface area contributed by atoms with Crippen molar-refractivity contribution in [2.45, 2.75) is 12.7 Å². The molecule has 16 heteroatoms. The lowest BCUT2D eigenvalue weighted by molar-refractivity contribution is -0.144. The Morgan fingerprint density at radius 1 is 1.15 bits per heavy atom. The molecule has 1 saturated heterocycles. The predicted molar refractivity (Wildman–Crippen MR) is 144 cm³/mol. The quantitative estimate of drug-likeness (QED) is 0.200. The van der Waals surface area contributed by atoms with Gasteiger partial charge in [-0.2, -0.15) is 13.2 Å². The molecule has 212 valence electrons. The Kier molecular flexibility index (Phi) is 6.88. The van der Waals surface area contributed by atoms with Gasteiger partial charge < -0.3 is 19.5 Å². The number of hydrogen-bond acceptors (Lipinski definition) is 11. The van der Waals surface area contributed by atoms with Crippen LogP contribution in [0.25, 0.3) is 32.6 Å². The van der Waals surface area contributed by atoms with E-state index >= 15 is 0 Å². The molecule has 1 aliphatic rings. The molecule has 1 fully saturated rings. The fourth-order valence-electron chi connectivity index (χ4n) is 4.44. The number of amides is 1. The van der Waals surface area contributed by atoms with Crippen LogP contribution in [0, 0.1) is 0 Å². The second-order valence-corrected chi connectivity index (χ2v) is 10.4. The molecular formula is C25H22F3N9O3S. The maximum Gasteiger partial charge on any atom is 0.449 e. The van der Waals surface area contributed by atoms with Crippen LogP contribution in [0.3, 0.4) is 0 Å². The van der Waals surface area contributed by atoms with E-state index in [0.29, 0.717) is 55.7 Å². The Labute approximate surface area is 233 Å². The van der Waals surface area contributed by atoms with Crippen molar-refractivity contribution in [1.29, 1.82) is 0 Å². The van der Waals surface area contributed by atoms with Crippen LogP contribution in [0.5, 0.6) is 0 Å². The Hall–Kier alpha value is -4.41. The van der Waals surface area contributed by atoms with Gasteiger partial charge in [0.2, 0.25) is 11.8 Å². The molecule has 6 rings (SSSR count). The third-order valence-electron chi connectivity index (χ3n) is 6.46. The number of ether oxygens (including phenoxy) is 1. The number of hydroxylamine groups is 1. The molecule has 3 N–H and O–H groups in total. The first kappa shape index (κ1) is 26.8. The summed E-state index contributed by atoms with van der Waals surface area (Å²) in [5, 5.41) is 8.79. The van der Waals surface area contributed by atoms with Gasteiger partial charge >= 0.3 is 6.18 Å². The molecule has 41 heavy (non-hydrogen) atoms. The summed E-state index contributed by atoms with van der Waals surface area (Å²) in [4.78, 5) is 40.5. The van der Waals surface area contributed by atoms with Crippen molar-refractivity contribution in [2.75, 3.05) is 43.2 Å². The van der Waals surface area contributed by atoms with Crippen molar-refractivity contribution in [3.05, 3.63) is 52.9 Å². The molecule has 1 aromatic carbocycles. The smallest absolute Gasteiger partial charge is 0.378 e. The normalized spacial score (nSPS) is 14.1. The highest BCUT2D eigenvalue weighted by Gasteiger charge is 2.34. The Balaban J connectivity index is 1.36. The number of carbonyl (C=O) groups excluding carboxylic acids is 1. The molecule has 0 atom stereocenters. The Morgan fingerprint density at radius 2 is 1.90 bits per heavy atom. The molecule has 5 heterocycles. The summed E-state index contributed by atoms with van der Waals surface area (Å²) in [6.07, 6.45) is -1.95. The van der Waals surface area contributed by atoms with E-state index in [1.165, 1.54) is 23.7 Å². The van der Waals surface area contributed by atoms with E-state index in [9.17, 15) is 18.0 Å². The lowest BCUT2D eigenvalue weighted by Crippen LogP contribution is -2.36. The lowest BCUT2D eigenvalue weighted by Gasteiger charge is -2.28. The number of alkyl halides is 3. The number of imidazole rings is 1. The van der Waals surface area contributed by atoms with Crippen molar-refractivity contribution in [3.8, 4) is 11.4 Å². The van der Waals surface area contributed by atoms with E-state index in [-0.39, 0.29) is 16.6 Å². The minimum Gasteiger partial charge on any atom is -0.378 e. The van der Waals surface area contributed by atoms with E-state index in [0.717, 1.165) is 15.4 Å². The number of thiophene rings is 1. The molecule has 0 unspecified atom stereocenters. The summed E-state index contributed by atoms with van der Waals surface area (Å²) in [7, 11) is 1.81. The third-order valence-corrected chi connectivity index (χ3v) is 7.57. The monoisotopic (exact) mass is 585 g/mol. The number of aromatic nitrogens is 6. The van der Waals surface area contributed by atoms with Crippen LogP contribution < -0.4 is 15.3 Å². The van der Waals surface area contributed by atoms with Crippen LogP contribution in [-0.2, 0) is 17.5 Å². The van der Waals surface area contributed by atoms with Crippen molar-refractivity contribution in [1.82, 2.24) is 35.4 Å². The molecule has 5 aromatic rings. The topological polar surface area (TPSA) is 145 Å². The number of rotatable bonds is 6. The van der Waals surface area contributed by atoms with Crippen LogP contribution in [0.1, 0.15) is 21.1 Å². The highest BCUT2D eigenvalue weighted by molar-refractivity contribution is 7.19. The van der Waals surface area contributed by atoms with Gasteiger partial charge in [0.15, 0.2) is 11.6 Å². The summed E-state index contributed by atoms with van der Waals surface area (Å²) >= 11 is 1.52. The second-order valence-electron chi connectivity index (χ2n) is 9.28. The maximum absolute atomic E-state index is 13.2. The average Bonchev–Trinajstić information content (AvgIpc) is 3.60. The largest absolute Gasteiger partial charge is 0.449 e. The number of hydrogen-bond donors (Lipinski definition) is 3. The Morgan fingerprint density at radius 3 is 2.61 bits per heavy atom.